The number of nitrogens with one attached hydrogen (secondary N) is 1. The van der Waals surface area contributed by atoms with E-state index in [-0.39, 0.29) is 11.8 Å². The van der Waals surface area contributed by atoms with Crippen LogP contribution in [0.5, 0.6) is 0 Å². The van der Waals surface area contributed by atoms with E-state index >= 15 is 0 Å². The van der Waals surface area contributed by atoms with Crippen molar-refractivity contribution in [1.82, 2.24) is 10.2 Å². The van der Waals surface area contributed by atoms with E-state index in [1.807, 2.05) is 12.1 Å². The molecule has 128 valence electrons. The summed E-state index contributed by atoms with van der Waals surface area (Å²) in [6, 6.07) is 7.36. The number of hydrogen-bond acceptors (Lipinski definition) is 3. The third-order valence-corrected chi connectivity index (χ3v) is 4.69. The maximum atomic E-state index is 12.1. The highest BCUT2D eigenvalue weighted by Crippen LogP contribution is 2.22. The molecule has 1 aliphatic heterocycles. The Kier molecular flexibility index (Phi) is 7.34. The highest BCUT2D eigenvalue weighted by atomic mass is 35.5. The Balaban J connectivity index is 1.75. The molecule has 2 rings (SSSR count). The Morgan fingerprint density at radius 1 is 1.43 bits per heavy atom. The lowest BCUT2D eigenvalue weighted by Crippen LogP contribution is -2.42. The van der Waals surface area contributed by atoms with Crippen molar-refractivity contribution in [3.63, 3.8) is 0 Å². The van der Waals surface area contributed by atoms with Crippen molar-refractivity contribution in [2.45, 2.75) is 38.7 Å². The minimum Gasteiger partial charge on any atom is -0.387 e. The SMILES string of the molecule is CCCCNC(=O)C1CCN(CC(O)c2cccc(Cl)c2)CC1. The fraction of sp³-hybridized carbons (Fsp3) is 0.611. The second-order valence-corrected chi connectivity index (χ2v) is 6.73. The van der Waals surface area contributed by atoms with Gasteiger partial charge in [0.05, 0.1) is 6.10 Å². The number of aliphatic hydroxyl groups excluding tert-OH is 1. The average molecular weight is 339 g/mol. The fourth-order valence-corrected chi connectivity index (χ4v) is 3.17. The average Bonchev–Trinajstić information content (AvgIpc) is 2.55. The summed E-state index contributed by atoms with van der Waals surface area (Å²) in [5, 5.41) is 14.0. The number of unbranched alkanes of at least 4 members (excludes halogenated alkanes) is 1. The number of rotatable bonds is 7. The molecule has 1 aromatic carbocycles. The molecule has 0 bridgehead atoms. The van der Waals surface area contributed by atoms with Gasteiger partial charge >= 0.3 is 0 Å². The lowest BCUT2D eigenvalue weighted by Gasteiger charge is -2.32. The first-order valence-corrected chi connectivity index (χ1v) is 8.91. The molecule has 2 N–H and O–H groups in total. The van der Waals surface area contributed by atoms with Crippen molar-refractivity contribution < 1.29 is 9.90 Å². The molecule has 1 atom stereocenters. The Bertz CT molecular complexity index is 502. The Morgan fingerprint density at radius 3 is 2.83 bits per heavy atom. The van der Waals surface area contributed by atoms with Crippen molar-refractivity contribution in [2.24, 2.45) is 5.92 Å². The fourth-order valence-electron chi connectivity index (χ4n) is 2.97. The maximum absolute atomic E-state index is 12.1. The molecule has 23 heavy (non-hydrogen) atoms. The number of likely N-dealkylation sites (tertiary alicyclic amines) is 1. The van der Waals surface area contributed by atoms with Crippen LogP contribution >= 0.6 is 11.6 Å². The number of β-amino-alcohol motifs (C(OH)–C–C–N with tert-alkyl or cyclic N) is 1. The lowest BCUT2D eigenvalue weighted by atomic mass is 9.95. The highest BCUT2D eigenvalue weighted by molar-refractivity contribution is 6.30. The van der Waals surface area contributed by atoms with Gasteiger partial charge in [-0.25, -0.2) is 0 Å². The van der Waals surface area contributed by atoms with Gasteiger partial charge in [0, 0.05) is 24.0 Å². The van der Waals surface area contributed by atoms with Gasteiger partial charge < -0.3 is 15.3 Å². The molecular formula is C18H27ClN2O2. The van der Waals surface area contributed by atoms with E-state index in [9.17, 15) is 9.90 Å². The molecule has 0 saturated carbocycles. The Morgan fingerprint density at radius 2 is 2.17 bits per heavy atom. The van der Waals surface area contributed by atoms with Gasteiger partial charge in [-0.2, -0.15) is 0 Å². The molecule has 5 heteroatoms. The number of carbonyl (C=O) groups is 1. The highest BCUT2D eigenvalue weighted by Gasteiger charge is 2.25. The molecule has 1 saturated heterocycles. The normalized spacial score (nSPS) is 17.9. The van der Waals surface area contributed by atoms with Gasteiger partial charge in [0.2, 0.25) is 5.91 Å². The zero-order valence-corrected chi connectivity index (χ0v) is 14.6. The molecule has 1 aromatic rings. The second kappa shape index (κ2) is 9.26. The summed E-state index contributed by atoms with van der Waals surface area (Å²) in [6.45, 7) is 5.19. The number of nitrogens with zero attached hydrogens (tertiary/aromatic N) is 1. The molecule has 1 heterocycles. The monoisotopic (exact) mass is 338 g/mol. The smallest absolute Gasteiger partial charge is 0.223 e. The zero-order valence-electron chi connectivity index (χ0n) is 13.8. The van der Waals surface area contributed by atoms with Crippen LogP contribution in [0.1, 0.15) is 44.3 Å². The number of benzene rings is 1. The van der Waals surface area contributed by atoms with Crippen molar-refractivity contribution in [3.8, 4) is 0 Å². The summed E-state index contributed by atoms with van der Waals surface area (Å²) >= 11 is 5.97. The molecule has 1 fully saturated rings. The molecular weight excluding hydrogens is 312 g/mol. The van der Waals surface area contributed by atoms with Crippen LogP contribution in [-0.2, 0) is 4.79 Å². The molecule has 1 amide bonds. The van der Waals surface area contributed by atoms with Gasteiger partial charge in [-0.15, -0.1) is 0 Å². The van der Waals surface area contributed by atoms with Crippen LogP contribution in [0.2, 0.25) is 5.02 Å². The molecule has 0 aromatic heterocycles. The van der Waals surface area contributed by atoms with Gasteiger partial charge in [-0.3, -0.25) is 4.79 Å². The van der Waals surface area contributed by atoms with Crippen molar-refractivity contribution in [2.75, 3.05) is 26.2 Å². The van der Waals surface area contributed by atoms with Crippen molar-refractivity contribution in [1.29, 1.82) is 0 Å². The molecule has 0 radical (unpaired) electrons. The van der Waals surface area contributed by atoms with Crippen LogP contribution in [-0.4, -0.2) is 42.1 Å². The van der Waals surface area contributed by atoms with Crippen molar-refractivity contribution in [3.05, 3.63) is 34.9 Å². The molecule has 1 unspecified atom stereocenters. The van der Waals surface area contributed by atoms with E-state index in [1.54, 1.807) is 12.1 Å². The van der Waals surface area contributed by atoms with E-state index in [0.717, 1.165) is 50.9 Å². The molecule has 0 aliphatic carbocycles. The van der Waals surface area contributed by atoms with Gasteiger partial charge in [0.25, 0.3) is 0 Å². The van der Waals surface area contributed by atoms with Gasteiger partial charge in [-0.1, -0.05) is 37.1 Å². The quantitative estimate of drug-likeness (QED) is 0.751. The Hall–Kier alpha value is -1.10. The summed E-state index contributed by atoms with van der Waals surface area (Å²) < 4.78 is 0. The molecule has 4 nitrogen and oxygen atoms in total. The van der Waals surface area contributed by atoms with Gasteiger partial charge in [0.15, 0.2) is 0 Å². The van der Waals surface area contributed by atoms with Crippen LogP contribution in [0.15, 0.2) is 24.3 Å². The van der Waals surface area contributed by atoms with E-state index in [0.29, 0.717) is 11.6 Å². The van der Waals surface area contributed by atoms with Crippen LogP contribution in [0.3, 0.4) is 0 Å². The van der Waals surface area contributed by atoms with Crippen molar-refractivity contribution >= 4 is 17.5 Å². The predicted molar refractivity (Wildman–Crippen MR) is 93.5 cm³/mol. The van der Waals surface area contributed by atoms with E-state index in [1.165, 1.54) is 0 Å². The summed E-state index contributed by atoms with van der Waals surface area (Å²) in [5.74, 6) is 0.305. The minimum atomic E-state index is -0.538. The molecule has 0 spiro atoms. The summed E-state index contributed by atoms with van der Waals surface area (Å²) in [6.07, 6.45) is 3.32. The summed E-state index contributed by atoms with van der Waals surface area (Å²) in [5.41, 5.74) is 0.844. The van der Waals surface area contributed by atoms with Gasteiger partial charge in [0.1, 0.15) is 0 Å². The first-order chi connectivity index (χ1) is 11.1. The number of carbonyl (C=O) groups excluding carboxylic acids is 1. The largest absolute Gasteiger partial charge is 0.387 e. The third-order valence-electron chi connectivity index (χ3n) is 4.45. The van der Waals surface area contributed by atoms with Crippen LogP contribution in [0, 0.1) is 5.92 Å². The van der Waals surface area contributed by atoms with Crippen LogP contribution in [0.25, 0.3) is 0 Å². The second-order valence-electron chi connectivity index (χ2n) is 6.29. The minimum absolute atomic E-state index is 0.117. The number of amides is 1. The van der Waals surface area contributed by atoms with E-state index in [4.69, 9.17) is 11.6 Å². The standard InChI is InChI=1S/C18H27ClN2O2/c1-2-3-9-20-18(23)14-7-10-21(11-8-14)13-17(22)15-5-4-6-16(19)12-15/h4-6,12,14,17,22H,2-3,7-11,13H2,1H3,(H,20,23). The number of aliphatic hydroxyl groups is 1. The number of piperidine rings is 1. The summed E-state index contributed by atoms with van der Waals surface area (Å²) in [4.78, 5) is 14.3. The van der Waals surface area contributed by atoms with Crippen LogP contribution < -0.4 is 5.32 Å². The van der Waals surface area contributed by atoms with E-state index in [2.05, 4.69) is 17.1 Å². The maximum Gasteiger partial charge on any atom is 0.223 e. The Labute approximate surface area is 143 Å². The van der Waals surface area contributed by atoms with Crippen LogP contribution in [0.4, 0.5) is 0 Å². The molecule has 1 aliphatic rings. The first-order valence-electron chi connectivity index (χ1n) is 8.53. The number of halogens is 1. The van der Waals surface area contributed by atoms with E-state index < -0.39 is 6.10 Å². The first kappa shape index (κ1) is 18.2. The zero-order chi connectivity index (χ0) is 16.7. The number of hydrogen-bond donors (Lipinski definition) is 2. The third kappa shape index (κ3) is 5.79. The lowest BCUT2D eigenvalue weighted by molar-refractivity contribution is -0.126. The topological polar surface area (TPSA) is 52.6 Å². The van der Waals surface area contributed by atoms with Gasteiger partial charge in [-0.05, 0) is 50.0 Å². The summed E-state index contributed by atoms with van der Waals surface area (Å²) in [7, 11) is 0. The predicted octanol–water partition coefficient (Wildman–Crippen LogP) is 3.00.